The number of rotatable bonds is 3. The van der Waals surface area contributed by atoms with E-state index in [4.69, 9.17) is 5.73 Å². The highest BCUT2D eigenvalue weighted by Gasteiger charge is 2.34. The van der Waals surface area contributed by atoms with Gasteiger partial charge in [0.2, 0.25) is 0 Å². The molecule has 0 spiro atoms. The number of nitrogens with zero attached hydrogens (tertiary/aromatic N) is 2. The Morgan fingerprint density at radius 3 is 2.84 bits per heavy atom. The normalized spacial score (nSPS) is 22.0. The van der Waals surface area contributed by atoms with Crippen molar-refractivity contribution in [2.75, 3.05) is 25.5 Å². The number of hydrogen-bond donors (Lipinski definition) is 2. The van der Waals surface area contributed by atoms with Crippen LogP contribution in [0.1, 0.15) is 29.2 Å². The predicted octanol–water partition coefficient (Wildman–Crippen LogP) is 4.15. The summed E-state index contributed by atoms with van der Waals surface area (Å²) in [6.45, 7) is 6.61. The Morgan fingerprint density at radius 1 is 1.32 bits per heavy atom. The quantitative estimate of drug-likeness (QED) is 0.644. The highest BCUT2D eigenvalue weighted by Crippen LogP contribution is 2.46. The van der Waals surface area contributed by atoms with E-state index in [0.717, 1.165) is 29.4 Å². The van der Waals surface area contributed by atoms with E-state index in [1.165, 1.54) is 24.1 Å². The summed E-state index contributed by atoms with van der Waals surface area (Å²) in [5.74, 6) is 1.60. The molecule has 3 heterocycles. The number of likely N-dealkylation sites (tertiary alicyclic amines) is 1. The molecule has 0 bridgehead atoms. The van der Waals surface area contributed by atoms with Crippen LogP contribution in [0.4, 0.5) is 11.4 Å². The van der Waals surface area contributed by atoms with Crippen molar-refractivity contribution >= 4 is 28.5 Å². The standard InChI is InChI=1S/C20H24N4S/c1-13-19(14-7-9-24(2)10-8-14)16-12-15(5-6-17(16)22-13)23-20(21)18-4-3-11-25-18/h3-6,11-12,14,19,22H,1,7-10H2,2H3,(H2,21,23). The zero-order valence-electron chi connectivity index (χ0n) is 14.5. The van der Waals surface area contributed by atoms with Crippen LogP contribution in [0.5, 0.6) is 0 Å². The number of fused-ring (bicyclic) bond motifs is 1. The van der Waals surface area contributed by atoms with Crippen LogP contribution >= 0.6 is 11.3 Å². The Morgan fingerprint density at radius 2 is 2.12 bits per heavy atom. The number of amidine groups is 1. The van der Waals surface area contributed by atoms with E-state index in [9.17, 15) is 0 Å². The van der Waals surface area contributed by atoms with Crippen molar-refractivity contribution in [2.24, 2.45) is 16.6 Å². The van der Waals surface area contributed by atoms with Gasteiger partial charge < -0.3 is 16.0 Å². The van der Waals surface area contributed by atoms with Gasteiger partial charge in [-0.2, -0.15) is 0 Å². The molecule has 3 N–H and O–H groups in total. The second-order valence-corrected chi connectivity index (χ2v) is 7.96. The van der Waals surface area contributed by atoms with Crippen LogP contribution < -0.4 is 11.1 Å². The average Bonchev–Trinajstić information content (AvgIpc) is 3.23. The van der Waals surface area contributed by atoms with Crippen LogP contribution in [0.3, 0.4) is 0 Å². The van der Waals surface area contributed by atoms with Gasteiger partial charge in [0.25, 0.3) is 0 Å². The third-order valence-electron chi connectivity index (χ3n) is 5.30. The van der Waals surface area contributed by atoms with Gasteiger partial charge in [-0.25, -0.2) is 4.99 Å². The minimum Gasteiger partial charge on any atom is -0.383 e. The van der Waals surface area contributed by atoms with E-state index in [1.54, 1.807) is 11.3 Å². The summed E-state index contributed by atoms with van der Waals surface area (Å²) in [6, 6.07) is 10.3. The van der Waals surface area contributed by atoms with Gasteiger partial charge in [-0.3, -0.25) is 0 Å². The fraction of sp³-hybridized carbons (Fsp3) is 0.350. The first-order valence-electron chi connectivity index (χ1n) is 8.78. The first-order chi connectivity index (χ1) is 12.1. The van der Waals surface area contributed by atoms with Crippen LogP contribution in [0.25, 0.3) is 0 Å². The number of anilines is 1. The van der Waals surface area contributed by atoms with Gasteiger partial charge in [0.05, 0.1) is 10.6 Å². The second kappa shape index (κ2) is 6.65. The van der Waals surface area contributed by atoms with Crippen LogP contribution in [-0.4, -0.2) is 30.9 Å². The second-order valence-electron chi connectivity index (χ2n) is 7.01. The van der Waals surface area contributed by atoms with Crippen LogP contribution in [-0.2, 0) is 0 Å². The van der Waals surface area contributed by atoms with E-state index in [2.05, 4.69) is 41.0 Å². The minimum absolute atomic E-state index is 0.377. The van der Waals surface area contributed by atoms with E-state index in [0.29, 0.717) is 17.7 Å². The van der Waals surface area contributed by atoms with E-state index < -0.39 is 0 Å². The predicted molar refractivity (Wildman–Crippen MR) is 107 cm³/mol. The molecule has 1 atom stereocenters. The number of thiophene rings is 1. The Balaban J connectivity index is 1.63. The zero-order valence-corrected chi connectivity index (χ0v) is 15.4. The summed E-state index contributed by atoms with van der Waals surface area (Å²) in [6.07, 6.45) is 2.43. The first kappa shape index (κ1) is 16.4. The van der Waals surface area contributed by atoms with Crippen molar-refractivity contribution in [1.29, 1.82) is 0 Å². The summed E-state index contributed by atoms with van der Waals surface area (Å²) in [7, 11) is 2.20. The summed E-state index contributed by atoms with van der Waals surface area (Å²) in [4.78, 5) is 8.05. The highest BCUT2D eigenvalue weighted by molar-refractivity contribution is 7.12. The average molecular weight is 353 g/mol. The molecule has 1 saturated heterocycles. The number of piperidine rings is 1. The summed E-state index contributed by atoms with van der Waals surface area (Å²) in [5.41, 5.74) is 10.7. The molecular weight excluding hydrogens is 328 g/mol. The number of nitrogens with two attached hydrogens (primary N) is 1. The highest BCUT2D eigenvalue weighted by atomic mass is 32.1. The number of allylic oxidation sites excluding steroid dienone is 1. The van der Waals surface area contributed by atoms with Gasteiger partial charge in [0.1, 0.15) is 5.84 Å². The molecule has 0 amide bonds. The molecule has 2 aromatic rings. The topological polar surface area (TPSA) is 53.6 Å². The van der Waals surface area contributed by atoms with Crippen molar-refractivity contribution in [2.45, 2.75) is 18.8 Å². The lowest BCUT2D eigenvalue weighted by Crippen LogP contribution is -2.32. The molecule has 1 aromatic carbocycles. The van der Waals surface area contributed by atoms with Gasteiger partial charge in [-0.05, 0) is 74.1 Å². The largest absolute Gasteiger partial charge is 0.383 e. The number of benzene rings is 1. The van der Waals surface area contributed by atoms with E-state index in [1.807, 2.05) is 23.6 Å². The molecule has 4 rings (SSSR count). The number of nitrogens with one attached hydrogen (secondary N) is 1. The van der Waals surface area contributed by atoms with Crippen molar-refractivity contribution in [1.82, 2.24) is 4.90 Å². The van der Waals surface area contributed by atoms with E-state index >= 15 is 0 Å². The van der Waals surface area contributed by atoms with Crippen LogP contribution in [0.15, 0.2) is 53.0 Å². The molecule has 1 fully saturated rings. The maximum atomic E-state index is 6.16. The molecule has 1 unspecified atom stereocenters. The van der Waals surface area contributed by atoms with Crippen molar-refractivity contribution in [3.8, 4) is 0 Å². The van der Waals surface area contributed by atoms with Crippen molar-refractivity contribution in [3.63, 3.8) is 0 Å². The number of aliphatic imine (C=N–C) groups is 1. The third-order valence-corrected chi connectivity index (χ3v) is 6.19. The van der Waals surface area contributed by atoms with Gasteiger partial charge in [-0.15, -0.1) is 11.3 Å². The monoisotopic (exact) mass is 352 g/mol. The molecule has 0 aliphatic carbocycles. The lowest BCUT2D eigenvalue weighted by molar-refractivity contribution is 0.208. The molecule has 4 nitrogen and oxygen atoms in total. The third kappa shape index (κ3) is 3.22. The van der Waals surface area contributed by atoms with Crippen LogP contribution in [0.2, 0.25) is 0 Å². The smallest absolute Gasteiger partial charge is 0.141 e. The molecule has 2 aliphatic rings. The Labute approximate surface area is 153 Å². The van der Waals surface area contributed by atoms with Gasteiger partial charge in [-0.1, -0.05) is 12.6 Å². The Kier molecular flexibility index (Phi) is 4.36. The molecule has 5 heteroatoms. The molecule has 1 aromatic heterocycles. The Hall–Kier alpha value is -2.11. The maximum Gasteiger partial charge on any atom is 0.141 e. The molecule has 0 radical (unpaired) electrons. The summed E-state index contributed by atoms with van der Waals surface area (Å²) >= 11 is 1.61. The molecule has 0 saturated carbocycles. The van der Waals surface area contributed by atoms with Gasteiger partial charge in [0.15, 0.2) is 0 Å². The minimum atomic E-state index is 0.377. The lowest BCUT2D eigenvalue weighted by Gasteiger charge is -2.33. The SMILES string of the molecule is C=C1Nc2ccc(N=C(N)c3cccs3)cc2C1C1CCN(C)CC1. The zero-order chi connectivity index (χ0) is 17.4. The fourth-order valence-electron chi connectivity index (χ4n) is 3.95. The van der Waals surface area contributed by atoms with Gasteiger partial charge in [0, 0.05) is 17.3 Å². The lowest BCUT2D eigenvalue weighted by atomic mass is 9.80. The maximum absolute atomic E-state index is 6.16. The van der Waals surface area contributed by atoms with Crippen molar-refractivity contribution < 1.29 is 0 Å². The summed E-state index contributed by atoms with van der Waals surface area (Å²) < 4.78 is 0. The molecular formula is C20H24N4S. The Bertz CT molecular complexity index is 801. The fourth-order valence-corrected chi connectivity index (χ4v) is 4.58. The molecule has 2 aliphatic heterocycles. The van der Waals surface area contributed by atoms with Crippen LogP contribution in [0, 0.1) is 5.92 Å². The van der Waals surface area contributed by atoms with Crippen molar-refractivity contribution in [3.05, 3.63) is 58.4 Å². The first-order valence-corrected chi connectivity index (χ1v) is 9.66. The molecule has 25 heavy (non-hydrogen) atoms. The van der Waals surface area contributed by atoms with E-state index in [-0.39, 0.29) is 0 Å². The molecule has 130 valence electrons. The van der Waals surface area contributed by atoms with Gasteiger partial charge >= 0.3 is 0 Å². The summed E-state index contributed by atoms with van der Waals surface area (Å²) in [5, 5.41) is 5.50. The number of hydrogen-bond acceptors (Lipinski definition) is 4.